The van der Waals surface area contributed by atoms with E-state index in [1.165, 1.54) is 0 Å². The van der Waals surface area contributed by atoms with E-state index < -0.39 is 16.1 Å². The fourth-order valence-electron chi connectivity index (χ4n) is 4.19. The predicted molar refractivity (Wildman–Crippen MR) is 126 cm³/mol. The second-order valence-corrected chi connectivity index (χ2v) is 9.92. The van der Waals surface area contributed by atoms with Crippen LogP contribution in [0.1, 0.15) is 22.7 Å². The van der Waals surface area contributed by atoms with E-state index in [1.807, 2.05) is 79.7 Å². The number of halogens is 1. The van der Waals surface area contributed by atoms with Gasteiger partial charge in [0.1, 0.15) is 0 Å². The molecule has 1 aliphatic rings. The van der Waals surface area contributed by atoms with Gasteiger partial charge >= 0.3 is 0 Å². The molecule has 1 aliphatic heterocycles. The highest BCUT2D eigenvalue weighted by atomic mass is 35.5. The van der Waals surface area contributed by atoms with Crippen molar-refractivity contribution >= 4 is 27.3 Å². The maximum atomic E-state index is 14.0. The zero-order valence-electron chi connectivity index (χ0n) is 16.9. The number of para-hydroxylation sites is 1. The van der Waals surface area contributed by atoms with Crippen molar-refractivity contribution in [3.05, 3.63) is 119 Å². The summed E-state index contributed by atoms with van der Waals surface area (Å²) in [7, 11) is -3.84. The minimum absolute atomic E-state index is 0.270. The summed E-state index contributed by atoms with van der Waals surface area (Å²) in [6.45, 7) is 1.94. The van der Waals surface area contributed by atoms with Crippen LogP contribution >= 0.6 is 11.6 Å². The monoisotopic (exact) mass is 445 g/mol. The van der Waals surface area contributed by atoms with Gasteiger partial charge < -0.3 is 0 Å². The standard InChI is InChI=1S/C26H20ClNO2S/c1-18-10-16-21(17-11-18)31(29,30)28-25-9-5-4-7-23(25)22-6-2-3-8-24(22)26(28)19-12-14-20(27)15-13-19/h2-17,26H,1H3. The summed E-state index contributed by atoms with van der Waals surface area (Å²) in [5, 5.41) is 0.612. The Morgan fingerprint density at radius 2 is 1.35 bits per heavy atom. The summed E-state index contributed by atoms with van der Waals surface area (Å²) in [6.07, 6.45) is 0. The molecule has 0 saturated carbocycles. The number of sulfonamides is 1. The summed E-state index contributed by atoms with van der Waals surface area (Å²) < 4.78 is 29.6. The van der Waals surface area contributed by atoms with Gasteiger partial charge in [0, 0.05) is 10.6 Å². The van der Waals surface area contributed by atoms with Crippen molar-refractivity contribution in [1.29, 1.82) is 0 Å². The molecule has 0 amide bonds. The van der Waals surface area contributed by atoms with Crippen molar-refractivity contribution in [2.24, 2.45) is 0 Å². The quantitative estimate of drug-likeness (QED) is 0.355. The Balaban J connectivity index is 1.81. The number of fused-ring (bicyclic) bond motifs is 3. The molecule has 1 unspecified atom stereocenters. The molecule has 31 heavy (non-hydrogen) atoms. The molecule has 0 saturated heterocycles. The minimum Gasteiger partial charge on any atom is -0.254 e. The van der Waals surface area contributed by atoms with Crippen LogP contribution in [-0.4, -0.2) is 8.42 Å². The van der Waals surface area contributed by atoms with E-state index in [1.54, 1.807) is 28.6 Å². The second kappa shape index (κ2) is 7.56. The van der Waals surface area contributed by atoms with Crippen LogP contribution in [0.3, 0.4) is 0 Å². The fourth-order valence-corrected chi connectivity index (χ4v) is 5.96. The SMILES string of the molecule is Cc1ccc(S(=O)(=O)N2c3ccccc3-c3ccccc3C2c2ccc(Cl)cc2)cc1. The van der Waals surface area contributed by atoms with E-state index in [-0.39, 0.29) is 4.90 Å². The summed E-state index contributed by atoms with van der Waals surface area (Å²) in [4.78, 5) is 0.270. The maximum absolute atomic E-state index is 14.0. The average Bonchev–Trinajstić information content (AvgIpc) is 2.79. The van der Waals surface area contributed by atoms with Gasteiger partial charge in [0.05, 0.1) is 16.6 Å². The highest BCUT2D eigenvalue weighted by Crippen LogP contribution is 2.49. The van der Waals surface area contributed by atoms with Crippen LogP contribution in [0.2, 0.25) is 5.02 Å². The summed E-state index contributed by atoms with van der Waals surface area (Å²) in [6, 6.07) is 29.6. The molecule has 0 aromatic heterocycles. The van der Waals surface area contributed by atoms with E-state index in [9.17, 15) is 8.42 Å². The average molecular weight is 446 g/mol. The Labute approximate surface area is 187 Å². The lowest BCUT2D eigenvalue weighted by molar-refractivity contribution is 0.585. The van der Waals surface area contributed by atoms with Crippen molar-refractivity contribution in [1.82, 2.24) is 0 Å². The molecule has 5 rings (SSSR count). The zero-order valence-corrected chi connectivity index (χ0v) is 18.4. The van der Waals surface area contributed by atoms with Crippen LogP contribution in [-0.2, 0) is 10.0 Å². The van der Waals surface area contributed by atoms with Gasteiger partial charge in [-0.25, -0.2) is 8.42 Å². The highest BCUT2D eigenvalue weighted by Gasteiger charge is 2.39. The van der Waals surface area contributed by atoms with Crippen LogP contribution < -0.4 is 4.31 Å². The lowest BCUT2D eigenvalue weighted by Crippen LogP contribution is -2.38. The number of rotatable bonds is 3. The topological polar surface area (TPSA) is 37.4 Å². The number of benzene rings is 4. The predicted octanol–water partition coefficient (Wildman–Crippen LogP) is 6.61. The van der Waals surface area contributed by atoms with Crippen molar-refractivity contribution in [2.45, 2.75) is 17.9 Å². The summed E-state index contributed by atoms with van der Waals surface area (Å²) in [5.74, 6) is 0. The lowest BCUT2D eigenvalue weighted by atomic mass is 9.86. The third kappa shape index (κ3) is 3.32. The third-order valence-electron chi connectivity index (χ3n) is 5.69. The van der Waals surface area contributed by atoms with Crippen LogP contribution in [0.15, 0.2) is 102 Å². The summed E-state index contributed by atoms with van der Waals surface area (Å²) >= 11 is 6.14. The Hall–Kier alpha value is -3.08. The molecular weight excluding hydrogens is 426 g/mol. The number of aryl methyl sites for hydroxylation is 1. The van der Waals surface area contributed by atoms with E-state index in [0.29, 0.717) is 10.7 Å². The van der Waals surface area contributed by atoms with Crippen LogP contribution in [0.25, 0.3) is 11.1 Å². The molecule has 4 aromatic carbocycles. The first-order valence-corrected chi connectivity index (χ1v) is 11.8. The van der Waals surface area contributed by atoms with Gasteiger partial charge in [-0.3, -0.25) is 4.31 Å². The van der Waals surface area contributed by atoms with E-state index in [4.69, 9.17) is 11.6 Å². The smallest absolute Gasteiger partial charge is 0.254 e. The number of anilines is 1. The Morgan fingerprint density at radius 3 is 2.06 bits per heavy atom. The zero-order chi connectivity index (χ0) is 21.6. The van der Waals surface area contributed by atoms with Gasteiger partial charge in [-0.05, 0) is 53.9 Å². The largest absolute Gasteiger partial charge is 0.265 e. The fraction of sp³-hybridized carbons (Fsp3) is 0.0769. The second-order valence-electron chi connectivity index (χ2n) is 7.67. The third-order valence-corrected chi connectivity index (χ3v) is 7.73. The highest BCUT2D eigenvalue weighted by molar-refractivity contribution is 7.92. The maximum Gasteiger partial charge on any atom is 0.265 e. The molecule has 154 valence electrons. The molecule has 1 atom stereocenters. The van der Waals surface area contributed by atoms with Gasteiger partial charge in [0.2, 0.25) is 0 Å². The number of nitrogens with zero attached hydrogens (tertiary/aromatic N) is 1. The van der Waals surface area contributed by atoms with Gasteiger partial charge in [0.15, 0.2) is 0 Å². The van der Waals surface area contributed by atoms with Gasteiger partial charge in [-0.2, -0.15) is 0 Å². The Morgan fingerprint density at radius 1 is 0.742 bits per heavy atom. The van der Waals surface area contributed by atoms with E-state index in [0.717, 1.165) is 27.8 Å². The van der Waals surface area contributed by atoms with E-state index in [2.05, 4.69) is 0 Å². The first-order chi connectivity index (χ1) is 15.0. The number of hydrogen-bond donors (Lipinski definition) is 0. The van der Waals surface area contributed by atoms with E-state index >= 15 is 0 Å². The molecule has 1 heterocycles. The Bertz CT molecular complexity index is 1360. The minimum atomic E-state index is -3.84. The molecule has 5 heteroatoms. The summed E-state index contributed by atoms with van der Waals surface area (Å²) in [5.41, 5.74) is 5.42. The molecule has 0 N–H and O–H groups in total. The lowest BCUT2D eigenvalue weighted by Gasteiger charge is -2.39. The molecule has 0 radical (unpaired) electrons. The van der Waals surface area contributed by atoms with Crippen LogP contribution in [0.4, 0.5) is 5.69 Å². The molecular formula is C26H20ClNO2S. The number of hydrogen-bond acceptors (Lipinski definition) is 2. The van der Waals surface area contributed by atoms with Crippen LogP contribution in [0.5, 0.6) is 0 Å². The van der Waals surface area contributed by atoms with Gasteiger partial charge in [0.25, 0.3) is 10.0 Å². The van der Waals surface area contributed by atoms with Crippen molar-refractivity contribution in [3.63, 3.8) is 0 Å². The molecule has 3 nitrogen and oxygen atoms in total. The van der Waals surface area contributed by atoms with Crippen LogP contribution in [0, 0.1) is 6.92 Å². The van der Waals surface area contributed by atoms with Crippen molar-refractivity contribution in [3.8, 4) is 11.1 Å². The molecule has 0 spiro atoms. The van der Waals surface area contributed by atoms with Gasteiger partial charge in [-0.15, -0.1) is 0 Å². The molecule has 0 aliphatic carbocycles. The van der Waals surface area contributed by atoms with Crippen molar-refractivity contribution in [2.75, 3.05) is 4.31 Å². The first-order valence-electron chi connectivity index (χ1n) is 10.0. The normalized spacial score (nSPS) is 15.3. The Kier molecular flexibility index (Phi) is 4.84. The molecule has 0 fully saturated rings. The van der Waals surface area contributed by atoms with Crippen molar-refractivity contribution < 1.29 is 8.42 Å². The van der Waals surface area contributed by atoms with Gasteiger partial charge in [-0.1, -0.05) is 83.9 Å². The molecule has 0 bridgehead atoms. The molecule has 4 aromatic rings. The first kappa shape index (κ1) is 19.9.